The summed E-state index contributed by atoms with van der Waals surface area (Å²) in [5.74, 6) is 0.781. The molecular weight excluding hydrogens is 178 g/mol. The standard InChI is InChI=1S/C11H21NO2/c1-4-14-11(13)10-5-6-12(8-10)7-9(2)3/h9-10H,4-8H2,1-3H3. The highest BCUT2D eigenvalue weighted by Gasteiger charge is 2.29. The molecule has 1 fully saturated rings. The lowest BCUT2D eigenvalue weighted by Gasteiger charge is -2.17. The Morgan fingerprint density at radius 2 is 2.29 bits per heavy atom. The van der Waals surface area contributed by atoms with Crippen molar-refractivity contribution in [3.8, 4) is 0 Å². The van der Waals surface area contributed by atoms with Crippen LogP contribution in [0, 0.1) is 11.8 Å². The second-order valence-corrected chi connectivity index (χ2v) is 4.39. The Morgan fingerprint density at radius 3 is 2.86 bits per heavy atom. The maximum Gasteiger partial charge on any atom is 0.310 e. The number of likely N-dealkylation sites (tertiary alicyclic amines) is 1. The van der Waals surface area contributed by atoms with Crippen LogP contribution in [-0.2, 0) is 9.53 Å². The van der Waals surface area contributed by atoms with Crippen molar-refractivity contribution >= 4 is 5.97 Å². The van der Waals surface area contributed by atoms with Crippen LogP contribution in [0.5, 0.6) is 0 Å². The maximum atomic E-state index is 11.4. The van der Waals surface area contributed by atoms with E-state index in [2.05, 4.69) is 18.7 Å². The van der Waals surface area contributed by atoms with Crippen LogP contribution in [0.2, 0.25) is 0 Å². The molecule has 1 unspecified atom stereocenters. The van der Waals surface area contributed by atoms with Crippen LogP contribution in [0.25, 0.3) is 0 Å². The number of carbonyl (C=O) groups excluding carboxylic acids is 1. The highest BCUT2D eigenvalue weighted by Crippen LogP contribution is 2.18. The maximum absolute atomic E-state index is 11.4. The lowest BCUT2D eigenvalue weighted by atomic mass is 10.1. The lowest BCUT2D eigenvalue weighted by Crippen LogP contribution is -2.27. The number of hydrogen-bond donors (Lipinski definition) is 0. The first kappa shape index (κ1) is 11.5. The molecule has 0 aliphatic carbocycles. The minimum atomic E-state index is -0.0150. The van der Waals surface area contributed by atoms with Gasteiger partial charge in [0, 0.05) is 13.1 Å². The van der Waals surface area contributed by atoms with E-state index in [1.54, 1.807) is 0 Å². The molecule has 1 aliphatic heterocycles. The van der Waals surface area contributed by atoms with Crippen molar-refractivity contribution in [3.63, 3.8) is 0 Å². The van der Waals surface area contributed by atoms with Crippen molar-refractivity contribution in [3.05, 3.63) is 0 Å². The molecular formula is C11H21NO2. The van der Waals surface area contributed by atoms with E-state index in [4.69, 9.17) is 4.74 Å². The van der Waals surface area contributed by atoms with Gasteiger partial charge >= 0.3 is 5.97 Å². The highest BCUT2D eigenvalue weighted by molar-refractivity contribution is 5.73. The van der Waals surface area contributed by atoms with Gasteiger partial charge in [-0.3, -0.25) is 4.79 Å². The second kappa shape index (κ2) is 5.35. The molecule has 82 valence electrons. The molecule has 14 heavy (non-hydrogen) atoms. The molecule has 3 heteroatoms. The molecule has 0 aromatic heterocycles. The molecule has 0 radical (unpaired) electrons. The Balaban J connectivity index is 2.29. The third-order valence-corrected chi connectivity index (χ3v) is 2.52. The number of carbonyl (C=O) groups is 1. The lowest BCUT2D eigenvalue weighted by molar-refractivity contribution is -0.147. The molecule has 1 heterocycles. The number of rotatable bonds is 4. The zero-order valence-corrected chi connectivity index (χ0v) is 9.45. The highest BCUT2D eigenvalue weighted by atomic mass is 16.5. The van der Waals surface area contributed by atoms with Gasteiger partial charge in [0.25, 0.3) is 0 Å². The van der Waals surface area contributed by atoms with E-state index in [1.807, 2.05) is 6.92 Å². The normalized spacial score (nSPS) is 23.0. The molecule has 1 atom stereocenters. The smallest absolute Gasteiger partial charge is 0.310 e. The zero-order valence-electron chi connectivity index (χ0n) is 9.45. The van der Waals surface area contributed by atoms with Crippen molar-refractivity contribution < 1.29 is 9.53 Å². The van der Waals surface area contributed by atoms with Gasteiger partial charge < -0.3 is 9.64 Å². The molecule has 0 amide bonds. The SMILES string of the molecule is CCOC(=O)C1CCN(CC(C)C)C1. The summed E-state index contributed by atoms with van der Waals surface area (Å²) in [4.78, 5) is 13.8. The molecule has 1 rings (SSSR count). The molecule has 0 aromatic carbocycles. The van der Waals surface area contributed by atoms with Crippen LogP contribution in [0.1, 0.15) is 27.2 Å². The van der Waals surface area contributed by atoms with Gasteiger partial charge in [0.15, 0.2) is 0 Å². The summed E-state index contributed by atoms with van der Waals surface area (Å²) in [6.07, 6.45) is 0.964. The van der Waals surface area contributed by atoms with Gasteiger partial charge in [0.2, 0.25) is 0 Å². The summed E-state index contributed by atoms with van der Waals surface area (Å²) < 4.78 is 5.01. The number of esters is 1. The van der Waals surface area contributed by atoms with Gasteiger partial charge in [-0.25, -0.2) is 0 Å². The van der Waals surface area contributed by atoms with Gasteiger partial charge in [-0.05, 0) is 25.8 Å². The first-order valence-corrected chi connectivity index (χ1v) is 5.52. The molecule has 1 aliphatic rings. The summed E-state index contributed by atoms with van der Waals surface area (Å²) in [5.41, 5.74) is 0. The van der Waals surface area contributed by atoms with E-state index >= 15 is 0 Å². The van der Waals surface area contributed by atoms with Gasteiger partial charge in [-0.15, -0.1) is 0 Å². The predicted octanol–water partition coefficient (Wildman–Crippen LogP) is 1.53. The van der Waals surface area contributed by atoms with Crippen molar-refractivity contribution in [2.75, 3.05) is 26.2 Å². The summed E-state index contributed by atoms with van der Waals surface area (Å²) in [6, 6.07) is 0. The minimum Gasteiger partial charge on any atom is -0.466 e. The van der Waals surface area contributed by atoms with Crippen LogP contribution < -0.4 is 0 Å². The van der Waals surface area contributed by atoms with Crippen molar-refractivity contribution in [1.82, 2.24) is 4.90 Å². The first-order valence-electron chi connectivity index (χ1n) is 5.52. The van der Waals surface area contributed by atoms with Crippen molar-refractivity contribution in [1.29, 1.82) is 0 Å². The van der Waals surface area contributed by atoms with Gasteiger partial charge in [0.05, 0.1) is 12.5 Å². The van der Waals surface area contributed by atoms with Gasteiger partial charge in [0.1, 0.15) is 0 Å². The molecule has 0 saturated carbocycles. The Hall–Kier alpha value is -0.570. The first-order chi connectivity index (χ1) is 6.63. The fourth-order valence-electron chi connectivity index (χ4n) is 1.97. The van der Waals surface area contributed by atoms with E-state index in [0.717, 1.165) is 26.1 Å². The van der Waals surface area contributed by atoms with Crippen molar-refractivity contribution in [2.45, 2.75) is 27.2 Å². The van der Waals surface area contributed by atoms with E-state index in [-0.39, 0.29) is 11.9 Å². The summed E-state index contributed by atoms with van der Waals surface area (Å²) in [6.45, 7) is 9.79. The fourth-order valence-corrected chi connectivity index (χ4v) is 1.97. The van der Waals surface area contributed by atoms with Gasteiger partial charge in [-0.1, -0.05) is 13.8 Å². The molecule has 0 aromatic rings. The van der Waals surface area contributed by atoms with Crippen molar-refractivity contribution in [2.24, 2.45) is 11.8 Å². The average molecular weight is 199 g/mol. The Labute approximate surface area is 86.4 Å². The van der Waals surface area contributed by atoms with Gasteiger partial charge in [-0.2, -0.15) is 0 Å². The zero-order chi connectivity index (χ0) is 10.6. The summed E-state index contributed by atoms with van der Waals surface area (Å²) in [7, 11) is 0. The fraction of sp³-hybridized carbons (Fsp3) is 0.909. The number of nitrogens with zero attached hydrogens (tertiary/aromatic N) is 1. The number of ether oxygens (including phenoxy) is 1. The third kappa shape index (κ3) is 3.29. The van der Waals surface area contributed by atoms with Crippen LogP contribution in [-0.4, -0.2) is 37.1 Å². The molecule has 1 saturated heterocycles. The Kier molecular flexibility index (Phi) is 4.39. The van der Waals surface area contributed by atoms with Crippen LogP contribution in [0.15, 0.2) is 0 Å². The monoisotopic (exact) mass is 199 g/mol. The van der Waals surface area contributed by atoms with E-state index in [9.17, 15) is 4.79 Å². The van der Waals surface area contributed by atoms with E-state index in [1.165, 1.54) is 0 Å². The number of hydrogen-bond acceptors (Lipinski definition) is 3. The predicted molar refractivity (Wildman–Crippen MR) is 56.0 cm³/mol. The van der Waals surface area contributed by atoms with Crippen LogP contribution in [0.3, 0.4) is 0 Å². The van der Waals surface area contributed by atoms with Crippen LogP contribution in [0.4, 0.5) is 0 Å². The Bertz CT molecular complexity index is 192. The molecule has 0 spiro atoms. The summed E-state index contributed by atoms with van der Waals surface area (Å²) in [5, 5.41) is 0. The molecule has 0 bridgehead atoms. The second-order valence-electron chi connectivity index (χ2n) is 4.39. The summed E-state index contributed by atoms with van der Waals surface area (Å²) >= 11 is 0. The minimum absolute atomic E-state index is 0.0150. The van der Waals surface area contributed by atoms with E-state index < -0.39 is 0 Å². The quantitative estimate of drug-likeness (QED) is 0.643. The topological polar surface area (TPSA) is 29.5 Å². The van der Waals surface area contributed by atoms with E-state index in [0.29, 0.717) is 12.5 Å². The average Bonchev–Trinajstić information content (AvgIpc) is 2.52. The largest absolute Gasteiger partial charge is 0.466 e. The van der Waals surface area contributed by atoms with Crippen LogP contribution >= 0.6 is 0 Å². The molecule has 3 nitrogen and oxygen atoms in total. The third-order valence-electron chi connectivity index (χ3n) is 2.52. The molecule has 0 N–H and O–H groups in total. The Morgan fingerprint density at radius 1 is 1.57 bits per heavy atom.